The molecule has 0 aliphatic rings. The predicted octanol–water partition coefficient (Wildman–Crippen LogP) is 4.77. The second-order valence-electron chi connectivity index (χ2n) is 3.41. The molecule has 0 atom stereocenters. The monoisotopic (exact) mass is 227 g/mol. The largest absolute Gasteiger partial charge is 0.0784 e. The third-order valence-electron chi connectivity index (χ3n) is 2.77. The molecule has 0 bridgehead atoms. The molecule has 0 aromatic heterocycles. The van der Waals surface area contributed by atoms with Crippen molar-refractivity contribution in [1.82, 2.24) is 0 Å². The van der Waals surface area contributed by atoms with E-state index in [1.165, 1.54) is 23.4 Å². The summed E-state index contributed by atoms with van der Waals surface area (Å²) in [5.74, 6) is 0. The molecule has 0 saturated heterocycles. The molecule has 0 spiro atoms. The Bertz CT molecular complexity index is 246. The molecule has 1 aromatic carbocycles. The fourth-order valence-electron chi connectivity index (χ4n) is 1.57. The second-order valence-corrected chi connectivity index (χ2v) is 11.0. The van der Waals surface area contributed by atoms with E-state index in [1.54, 1.807) is 0 Å². The molecule has 0 saturated carbocycles. The first-order chi connectivity index (χ1) is 6.76. The molecule has 1 rings (SSSR count). The van der Waals surface area contributed by atoms with Crippen molar-refractivity contribution in [3.8, 4) is 0 Å². The fraction of sp³-hybridized carbons (Fsp3) is 0.500. The van der Waals surface area contributed by atoms with Crippen molar-refractivity contribution in [2.75, 3.05) is 18.5 Å². The lowest BCUT2D eigenvalue weighted by atomic mass is 10.4. The van der Waals surface area contributed by atoms with Crippen LogP contribution in [0.15, 0.2) is 35.2 Å². The average Bonchev–Trinajstić information content (AvgIpc) is 2.28. The van der Waals surface area contributed by atoms with Gasteiger partial charge in [0.2, 0.25) is 0 Å². The van der Waals surface area contributed by atoms with Crippen molar-refractivity contribution < 1.29 is 0 Å². The smallest absolute Gasteiger partial charge is 0.0622 e. The Morgan fingerprint density at radius 1 is 0.929 bits per heavy atom. The van der Waals surface area contributed by atoms with E-state index in [9.17, 15) is 0 Å². The highest BCUT2D eigenvalue weighted by atomic mass is 32.7. The lowest BCUT2D eigenvalue weighted by molar-refractivity contribution is 1.34. The number of rotatable bonds is 5. The molecular weight excluding hydrogens is 207 g/mol. The van der Waals surface area contributed by atoms with Gasteiger partial charge in [0.1, 0.15) is 0 Å². The van der Waals surface area contributed by atoms with Crippen LogP contribution in [0.3, 0.4) is 0 Å². The highest BCUT2D eigenvalue weighted by Crippen LogP contribution is 2.71. The van der Waals surface area contributed by atoms with Crippen molar-refractivity contribution >= 4 is 17.8 Å². The molecule has 78 valence electrons. The summed E-state index contributed by atoms with van der Waals surface area (Å²) in [6.45, 7) is 6.29. The molecule has 14 heavy (non-hydrogen) atoms. The third-order valence-corrected chi connectivity index (χ3v) is 11.2. The van der Waals surface area contributed by atoms with E-state index in [0.29, 0.717) is 0 Å². The molecule has 2 heteroatoms. The normalized spacial score (nSPS) is 11.6. The molecule has 0 amide bonds. The van der Waals surface area contributed by atoms with Crippen molar-refractivity contribution in [3.63, 3.8) is 0 Å². The Labute approximate surface area is 92.6 Å². The highest BCUT2D eigenvalue weighted by molar-refractivity contribution is 8.62. The van der Waals surface area contributed by atoms with Gasteiger partial charge in [-0.25, -0.2) is 0 Å². The Kier molecular flexibility index (Phi) is 4.98. The maximum atomic E-state index is 2.34. The van der Waals surface area contributed by atoms with Crippen molar-refractivity contribution in [3.05, 3.63) is 30.3 Å². The van der Waals surface area contributed by atoms with E-state index in [-0.39, 0.29) is 0 Å². The van der Waals surface area contributed by atoms with Crippen LogP contribution in [0, 0.1) is 0 Å². The molecule has 0 heterocycles. The quantitative estimate of drug-likeness (QED) is 0.653. The second kappa shape index (κ2) is 5.78. The number of hydrogen-bond donors (Lipinski definition) is 0. The SMILES string of the molecule is CC[P+](CC)(CC)Sc1ccccc1. The first-order valence-electron chi connectivity index (χ1n) is 5.37. The summed E-state index contributed by atoms with van der Waals surface area (Å²) >= 11 is 2.15. The zero-order valence-corrected chi connectivity index (χ0v) is 11.1. The molecule has 1 aromatic rings. The summed E-state index contributed by atoms with van der Waals surface area (Å²) in [6.07, 6.45) is 4.08. The van der Waals surface area contributed by atoms with Gasteiger partial charge in [0.15, 0.2) is 0 Å². The van der Waals surface area contributed by atoms with E-state index in [2.05, 4.69) is 62.5 Å². The van der Waals surface area contributed by atoms with E-state index >= 15 is 0 Å². The zero-order chi connectivity index (χ0) is 10.4. The predicted molar refractivity (Wildman–Crippen MR) is 70.8 cm³/mol. The summed E-state index contributed by atoms with van der Waals surface area (Å²) in [6, 6.07) is 10.8. The van der Waals surface area contributed by atoms with Crippen molar-refractivity contribution in [1.29, 1.82) is 0 Å². The van der Waals surface area contributed by atoms with Gasteiger partial charge in [-0.2, -0.15) is 0 Å². The van der Waals surface area contributed by atoms with Crippen LogP contribution in [0.2, 0.25) is 0 Å². The summed E-state index contributed by atoms with van der Waals surface area (Å²) in [4.78, 5) is 1.45. The van der Waals surface area contributed by atoms with Gasteiger partial charge in [-0.15, -0.1) is 0 Å². The zero-order valence-electron chi connectivity index (χ0n) is 9.36. The van der Waals surface area contributed by atoms with Crippen LogP contribution in [0.1, 0.15) is 20.8 Å². The van der Waals surface area contributed by atoms with Gasteiger partial charge in [0.25, 0.3) is 0 Å². The fourth-order valence-corrected chi connectivity index (χ4v) is 6.89. The Hall–Kier alpha value is 0. The van der Waals surface area contributed by atoms with Gasteiger partial charge < -0.3 is 0 Å². The van der Waals surface area contributed by atoms with Crippen LogP contribution in [0.4, 0.5) is 0 Å². The van der Waals surface area contributed by atoms with Crippen LogP contribution in [-0.4, -0.2) is 18.5 Å². The lowest BCUT2D eigenvalue weighted by Crippen LogP contribution is -1.97. The van der Waals surface area contributed by atoms with Crippen LogP contribution in [0.25, 0.3) is 0 Å². The summed E-state index contributed by atoms with van der Waals surface area (Å²) in [5.41, 5.74) is 0. The van der Waals surface area contributed by atoms with Crippen LogP contribution < -0.4 is 0 Å². The average molecular weight is 227 g/mol. The minimum atomic E-state index is -0.744. The van der Waals surface area contributed by atoms with Gasteiger partial charge >= 0.3 is 0 Å². The topological polar surface area (TPSA) is 0 Å². The molecule has 0 aliphatic carbocycles. The van der Waals surface area contributed by atoms with E-state index in [0.717, 1.165) is 0 Å². The molecule has 0 unspecified atom stereocenters. The Morgan fingerprint density at radius 2 is 1.43 bits per heavy atom. The molecule has 0 aliphatic heterocycles. The number of benzene rings is 1. The van der Waals surface area contributed by atoms with Gasteiger partial charge in [-0.3, -0.25) is 0 Å². The summed E-state index contributed by atoms with van der Waals surface area (Å²) in [5, 5.41) is 0. The van der Waals surface area contributed by atoms with Gasteiger partial charge in [-0.05, 0) is 32.9 Å². The van der Waals surface area contributed by atoms with Gasteiger partial charge in [-0.1, -0.05) is 18.2 Å². The molecule has 0 N–H and O–H groups in total. The maximum Gasteiger partial charge on any atom is 0.0784 e. The minimum absolute atomic E-state index is 0.744. The molecule has 0 fully saturated rings. The van der Waals surface area contributed by atoms with Gasteiger partial charge in [0, 0.05) is 4.90 Å². The van der Waals surface area contributed by atoms with Crippen LogP contribution >= 0.6 is 17.8 Å². The Morgan fingerprint density at radius 3 is 1.86 bits per heavy atom. The summed E-state index contributed by atoms with van der Waals surface area (Å²) < 4.78 is 0. The van der Waals surface area contributed by atoms with E-state index in [1.807, 2.05) is 0 Å². The van der Waals surface area contributed by atoms with E-state index in [4.69, 9.17) is 0 Å². The first-order valence-corrected chi connectivity index (χ1v) is 9.13. The minimum Gasteiger partial charge on any atom is -0.0622 e. The van der Waals surface area contributed by atoms with Crippen LogP contribution in [-0.2, 0) is 0 Å². The van der Waals surface area contributed by atoms with Crippen molar-refractivity contribution in [2.45, 2.75) is 25.7 Å². The van der Waals surface area contributed by atoms with E-state index < -0.39 is 6.46 Å². The maximum absolute atomic E-state index is 2.34. The highest BCUT2D eigenvalue weighted by Gasteiger charge is 2.33. The lowest BCUT2D eigenvalue weighted by Gasteiger charge is -2.21. The molecule has 0 radical (unpaired) electrons. The Balaban J connectivity index is 2.74. The standard InChI is InChI=1S/C12H20PS/c1-4-13(5-2,6-3)14-12-10-8-7-9-11-12/h7-11H,4-6H2,1-3H3/q+1. The summed E-state index contributed by atoms with van der Waals surface area (Å²) in [7, 11) is 0. The van der Waals surface area contributed by atoms with Gasteiger partial charge in [0.05, 0.1) is 36.3 Å². The third kappa shape index (κ3) is 3.00. The molecule has 0 nitrogen and oxygen atoms in total. The molecular formula is C12H20PS+. The van der Waals surface area contributed by atoms with Crippen molar-refractivity contribution in [2.24, 2.45) is 0 Å². The van der Waals surface area contributed by atoms with Crippen LogP contribution in [0.5, 0.6) is 0 Å². The first kappa shape index (κ1) is 12.1. The number of hydrogen-bond acceptors (Lipinski definition) is 1.